The molecule has 0 aliphatic carbocycles. The summed E-state index contributed by atoms with van der Waals surface area (Å²) < 4.78 is 17.2. The molecule has 0 saturated carbocycles. The topological polar surface area (TPSA) is 61.8 Å². The smallest absolute Gasteiger partial charge is 0.306 e. The van der Waals surface area contributed by atoms with Gasteiger partial charge in [0.1, 0.15) is 6.61 Å². The monoisotopic (exact) mass is 783 g/mol. The summed E-state index contributed by atoms with van der Waals surface area (Å²) >= 11 is 0. The van der Waals surface area contributed by atoms with E-state index in [1.54, 1.807) is 0 Å². The van der Waals surface area contributed by atoms with Crippen LogP contribution in [0.3, 0.4) is 0 Å². The number of ether oxygens (including phenoxy) is 3. The Balaban J connectivity index is 4.04. The second kappa shape index (κ2) is 47.0. The van der Waals surface area contributed by atoms with E-state index in [9.17, 15) is 9.59 Å². The number of hydrogen-bond acceptors (Lipinski definition) is 5. The summed E-state index contributed by atoms with van der Waals surface area (Å²) in [6, 6.07) is 0. The highest BCUT2D eigenvalue weighted by atomic mass is 16.6. The summed E-state index contributed by atoms with van der Waals surface area (Å²) in [5.74, 6) is -0.429. The minimum Gasteiger partial charge on any atom is -0.462 e. The minimum atomic E-state index is -0.540. The highest BCUT2D eigenvalue weighted by Gasteiger charge is 2.17. The SMILES string of the molecule is CC/C=C\C/C=C\C/C=C\CCCCCCCC(=O)OCC(COCCCCCCCCCCCC/C=C\C/C=C\CCCCC)OC(=O)CCCCCCC. The average molecular weight is 783 g/mol. The fourth-order valence-electron chi connectivity index (χ4n) is 6.49. The van der Waals surface area contributed by atoms with Crippen molar-refractivity contribution in [1.29, 1.82) is 0 Å². The molecule has 1 atom stereocenters. The van der Waals surface area contributed by atoms with E-state index < -0.39 is 6.10 Å². The molecule has 324 valence electrons. The maximum absolute atomic E-state index is 12.6. The van der Waals surface area contributed by atoms with Crippen molar-refractivity contribution in [2.75, 3.05) is 19.8 Å². The molecule has 0 aromatic carbocycles. The van der Waals surface area contributed by atoms with Crippen LogP contribution in [0.2, 0.25) is 0 Å². The Labute approximate surface area is 347 Å². The van der Waals surface area contributed by atoms with Crippen LogP contribution in [0.1, 0.15) is 226 Å². The fraction of sp³-hybridized carbons (Fsp3) is 0.765. The lowest BCUT2D eigenvalue weighted by Crippen LogP contribution is -2.30. The van der Waals surface area contributed by atoms with Crippen molar-refractivity contribution in [2.45, 2.75) is 232 Å². The first-order chi connectivity index (χ1) is 27.6. The molecule has 0 radical (unpaired) electrons. The van der Waals surface area contributed by atoms with Gasteiger partial charge >= 0.3 is 11.9 Å². The molecular weight excluding hydrogens is 693 g/mol. The van der Waals surface area contributed by atoms with Crippen molar-refractivity contribution >= 4 is 11.9 Å². The van der Waals surface area contributed by atoms with Gasteiger partial charge in [-0.05, 0) is 83.5 Å². The van der Waals surface area contributed by atoms with Gasteiger partial charge in [-0.25, -0.2) is 0 Å². The Morgan fingerprint density at radius 2 is 0.804 bits per heavy atom. The molecule has 0 aromatic rings. The van der Waals surface area contributed by atoms with Gasteiger partial charge in [-0.2, -0.15) is 0 Å². The third kappa shape index (κ3) is 44.3. The summed E-state index contributed by atoms with van der Waals surface area (Å²) in [6.45, 7) is 7.60. The van der Waals surface area contributed by atoms with Crippen molar-refractivity contribution in [3.8, 4) is 0 Å². The second-order valence-corrected chi connectivity index (χ2v) is 15.6. The Morgan fingerprint density at radius 3 is 1.32 bits per heavy atom. The Morgan fingerprint density at radius 1 is 0.411 bits per heavy atom. The van der Waals surface area contributed by atoms with E-state index in [0.717, 1.165) is 83.5 Å². The molecule has 0 rings (SSSR count). The number of carbonyl (C=O) groups excluding carboxylic acids is 2. The number of rotatable bonds is 43. The van der Waals surface area contributed by atoms with Crippen LogP contribution in [0.5, 0.6) is 0 Å². The lowest BCUT2D eigenvalue weighted by atomic mass is 10.1. The van der Waals surface area contributed by atoms with Gasteiger partial charge in [0.15, 0.2) is 6.10 Å². The summed E-state index contributed by atoms with van der Waals surface area (Å²) in [6.07, 6.45) is 58.2. The molecule has 0 spiro atoms. The molecule has 0 fully saturated rings. The van der Waals surface area contributed by atoms with E-state index in [4.69, 9.17) is 14.2 Å². The zero-order chi connectivity index (χ0) is 40.7. The maximum Gasteiger partial charge on any atom is 0.306 e. The number of unbranched alkanes of at least 4 members (excludes halogenated alkanes) is 22. The van der Waals surface area contributed by atoms with E-state index in [0.29, 0.717) is 19.4 Å². The number of allylic oxidation sites excluding steroid dienone is 10. The van der Waals surface area contributed by atoms with E-state index in [1.807, 2.05) is 0 Å². The normalized spacial score (nSPS) is 12.7. The number of carbonyl (C=O) groups is 2. The molecule has 0 saturated heterocycles. The molecule has 0 bridgehead atoms. The van der Waals surface area contributed by atoms with Gasteiger partial charge in [0.2, 0.25) is 0 Å². The lowest BCUT2D eigenvalue weighted by Gasteiger charge is -2.18. The maximum atomic E-state index is 12.6. The summed E-state index contributed by atoms with van der Waals surface area (Å²) in [5.41, 5.74) is 0. The largest absolute Gasteiger partial charge is 0.462 e. The van der Waals surface area contributed by atoms with Crippen molar-refractivity contribution in [1.82, 2.24) is 0 Å². The van der Waals surface area contributed by atoms with Gasteiger partial charge in [0.05, 0.1) is 6.61 Å². The first kappa shape index (κ1) is 53.6. The summed E-state index contributed by atoms with van der Waals surface area (Å²) in [7, 11) is 0. The third-order valence-electron chi connectivity index (χ3n) is 10.0. The molecule has 0 aromatic heterocycles. The molecule has 56 heavy (non-hydrogen) atoms. The molecule has 0 amide bonds. The van der Waals surface area contributed by atoms with Crippen LogP contribution in [0.4, 0.5) is 0 Å². The van der Waals surface area contributed by atoms with Crippen LogP contribution in [0.15, 0.2) is 60.8 Å². The molecule has 1 unspecified atom stereocenters. The van der Waals surface area contributed by atoms with Gasteiger partial charge < -0.3 is 14.2 Å². The molecule has 0 aliphatic rings. The quantitative estimate of drug-likeness (QED) is 0.0350. The Hall–Kier alpha value is -2.40. The fourth-order valence-corrected chi connectivity index (χ4v) is 6.49. The van der Waals surface area contributed by atoms with Crippen LogP contribution >= 0.6 is 0 Å². The van der Waals surface area contributed by atoms with Gasteiger partial charge in [0, 0.05) is 19.4 Å². The zero-order valence-electron chi connectivity index (χ0n) is 37.1. The minimum absolute atomic E-state index is 0.0743. The summed E-state index contributed by atoms with van der Waals surface area (Å²) in [5, 5.41) is 0. The van der Waals surface area contributed by atoms with Crippen molar-refractivity contribution in [3.63, 3.8) is 0 Å². The second-order valence-electron chi connectivity index (χ2n) is 15.6. The number of hydrogen-bond donors (Lipinski definition) is 0. The molecule has 0 heterocycles. The van der Waals surface area contributed by atoms with Gasteiger partial charge in [-0.15, -0.1) is 0 Å². The van der Waals surface area contributed by atoms with Crippen molar-refractivity contribution < 1.29 is 23.8 Å². The van der Waals surface area contributed by atoms with Crippen LogP contribution < -0.4 is 0 Å². The summed E-state index contributed by atoms with van der Waals surface area (Å²) in [4.78, 5) is 25.0. The first-order valence-corrected chi connectivity index (χ1v) is 23.8. The molecule has 0 N–H and O–H groups in total. The first-order valence-electron chi connectivity index (χ1n) is 23.8. The standard InChI is InChI=1S/C51H90O5/c1-4-7-10-13-15-17-19-21-23-24-25-26-27-29-31-33-35-37-40-43-46-54-47-49(56-51(53)45-42-38-12-9-6-3)48-55-50(52)44-41-39-36-34-32-30-28-22-20-18-16-14-11-8-5-2/h8,11,15-18,21-23,28,49H,4-7,9-10,12-14,19-20,24-27,29-48H2,1-3H3/b11-8-,17-15-,18-16-,23-21-,28-22-. The van der Waals surface area contributed by atoms with Gasteiger partial charge in [-0.1, -0.05) is 191 Å². The van der Waals surface area contributed by atoms with Gasteiger partial charge in [0.25, 0.3) is 0 Å². The molecule has 5 heteroatoms. The molecular formula is C51H90O5. The van der Waals surface area contributed by atoms with E-state index in [-0.39, 0.29) is 25.2 Å². The van der Waals surface area contributed by atoms with Crippen LogP contribution in [0, 0.1) is 0 Å². The number of esters is 2. The molecule has 0 aliphatic heterocycles. The zero-order valence-corrected chi connectivity index (χ0v) is 37.1. The van der Waals surface area contributed by atoms with E-state index in [2.05, 4.69) is 81.5 Å². The van der Waals surface area contributed by atoms with E-state index >= 15 is 0 Å². The lowest BCUT2D eigenvalue weighted by molar-refractivity contribution is -0.163. The highest BCUT2D eigenvalue weighted by Crippen LogP contribution is 2.13. The van der Waals surface area contributed by atoms with Crippen LogP contribution in [-0.2, 0) is 23.8 Å². The molecule has 5 nitrogen and oxygen atoms in total. The predicted molar refractivity (Wildman–Crippen MR) is 242 cm³/mol. The Kier molecular flexibility index (Phi) is 45.0. The Bertz CT molecular complexity index is 977. The predicted octanol–water partition coefficient (Wildman–Crippen LogP) is 15.8. The van der Waals surface area contributed by atoms with Crippen molar-refractivity contribution in [2.24, 2.45) is 0 Å². The van der Waals surface area contributed by atoms with Gasteiger partial charge in [-0.3, -0.25) is 9.59 Å². The highest BCUT2D eigenvalue weighted by molar-refractivity contribution is 5.70. The van der Waals surface area contributed by atoms with E-state index in [1.165, 1.54) is 109 Å². The third-order valence-corrected chi connectivity index (χ3v) is 10.0. The van der Waals surface area contributed by atoms with Crippen molar-refractivity contribution in [3.05, 3.63) is 60.8 Å². The van der Waals surface area contributed by atoms with Crippen LogP contribution in [-0.4, -0.2) is 37.9 Å². The average Bonchev–Trinajstić information content (AvgIpc) is 3.20. The van der Waals surface area contributed by atoms with Crippen LogP contribution in [0.25, 0.3) is 0 Å².